The Balaban J connectivity index is 2.58. The second kappa shape index (κ2) is 3.87. The zero-order chi connectivity index (χ0) is 11.8. The van der Waals surface area contributed by atoms with Crippen molar-refractivity contribution >= 4 is 10.8 Å². The maximum absolute atomic E-state index is 6.06. The number of nitrogens with two attached hydrogens (primary N) is 1. The number of pyridine rings is 1. The first-order chi connectivity index (χ1) is 7.47. The molecule has 0 radical (unpaired) electrons. The van der Waals surface area contributed by atoms with Crippen molar-refractivity contribution in [1.82, 2.24) is 4.98 Å². The Kier molecular flexibility index (Phi) is 2.68. The number of aryl methyl sites for hydroxylation is 1. The summed E-state index contributed by atoms with van der Waals surface area (Å²) in [6.45, 7) is 6.19. The largest absolute Gasteiger partial charge is 0.325 e. The average Bonchev–Trinajstić information content (AvgIpc) is 2.17. The zero-order valence-corrected chi connectivity index (χ0v) is 10.1. The fourth-order valence-corrected chi connectivity index (χ4v) is 2.00. The van der Waals surface area contributed by atoms with E-state index in [1.807, 2.05) is 20.0 Å². The number of hydrogen-bond donors (Lipinski definition) is 1. The van der Waals surface area contributed by atoms with E-state index in [0.717, 1.165) is 12.1 Å². The Hall–Kier alpha value is -1.41. The lowest BCUT2D eigenvalue weighted by molar-refractivity contribution is 0.512. The van der Waals surface area contributed by atoms with Gasteiger partial charge in [0.2, 0.25) is 0 Å². The van der Waals surface area contributed by atoms with Crippen molar-refractivity contribution in [3.8, 4) is 0 Å². The molecule has 1 aromatic heterocycles. The van der Waals surface area contributed by atoms with Crippen LogP contribution in [-0.4, -0.2) is 10.5 Å². The number of aromatic nitrogens is 1. The molecule has 0 spiro atoms. The first-order valence-corrected chi connectivity index (χ1v) is 5.59. The highest BCUT2D eigenvalue weighted by molar-refractivity contribution is 5.87. The molecule has 0 unspecified atom stereocenters. The summed E-state index contributed by atoms with van der Waals surface area (Å²) in [5.41, 5.74) is 8.22. The lowest BCUT2D eigenvalue weighted by atomic mass is 9.95. The molecule has 2 N–H and O–H groups in total. The summed E-state index contributed by atoms with van der Waals surface area (Å²) in [5, 5.41) is 2.50. The van der Waals surface area contributed by atoms with Gasteiger partial charge in [0.05, 0.1) is 0 Å². The van der Waals surface area contributed by atoms with Crippen molar-refractivity contribution in [2.24, 2.45) is 5.73 Å². The lowest BCUT2D eigenvalue weighted by Crippen LogP contribution is -2.34. The molecule has 2 nitrogen and oxygen atoms in total. The highest BCUT2D eigenvalue weighted by atomic mass is 14.7. The number of rotatable bonds is 2. The van der Waals surface area contributed by atoms with Crippen LogP contribution in [0.2, 0.25) is 0 Å². The quantitative estimate of drug-likeness (QED) is 0.835. The van der Waals surface area contributed by atoms with Crippen LogP contribution in [0.1, 0.15) is 25.1 Å². The summed E-state index contributed by atoms with van der Waals surface area (Å²) in [6.07, 6.45) is 2.67. The van der Waals surface area contributed by atoms with E-state index < -0.39 is 0 Å². The van der Waals surface area contributed by atoms with Crippen molar-refractivity contribution < 1.29 is 0 Å². The summed E-state index contributed by atoms with van der Waals surface area (Å²) in [6, 6.07) is 8.39. The lowest BCUT2D eigenvalue weighted by Gasteiger charge is -2.19. The summed E-state index contributed by atoms with van der Waals surface area (Å²) >= 11 is 0. The molecular weight excluding hydrogens is 196 g/mol. The monoisotopic (exact) mass is 214 g/mol. The maximum atomic E-state index is 6.06. The third-order valence-corrected chi connectivity index (χ3v) is 2.73. The predicted molar refractivity (Wildman–Crippen MR) is 68.5 cm³/mol. The Morgan fingerprint density at radius 3 is 2.62 bits per heavy atom. The smallest absolute Gasteiger partial charge is 0.0500 e. The van der Waals surface area contributed by atoms with Crippen molar-refractivity contribution in [3.05, 3.63) is 41.7 Å². The summed E-state index contributed by atoms with van der Waals surface area (Å²) in [7, 11) is 0. The first kappa shape index (κ1) is 11.1. The molecule has 0 aliphatic heterocycles. The molecule has 84 valence electrons. The van der Waals surface area contributed by atoms with Gasteiger partial charge in [-0.15, -0.1) is 0 Å². The standard InChI is InChI=1S/C14H18N2/c1-10-5-4-6-12-11(10)7-8-16-13(12)9-14(2,3)15/h4-8H,9,15H2,1-3H3. The Bertz CT molecular complexity index is 510. The first-order valence-electron chi connectivity index (χ1n) is 5.59. The summed E-state index contributed by atoms with van der Waals surface area (Å²) in [4.78, 5) is 4.45. The third kappa shape index (κ3) is 2.22. The van der Waals surface area contributed by atoms with Crippen LogP contribution in [0.4, 0.5) is 0 Å². The molecule has 0 aliphatic carbocycles. The van der Waals surface area contributed by atoms with Gasteiger partial charge in [-0.25, -0.2) is 0 Å². The molecule has 0 saturated carbocycles. The van der Waals surface area contributed by atoms with Gasteiger partial charge >= 0.3 is 0 Å². The van der Waals surface area contributed by atoms with E-state index in [2.05, 4.69) is 36.2 Å². The van der Waals surface area contributed by atoms with E-state index in [4.69, 9.17) is 5.73 Å². The van der Waals surface area contributed by atoms with Crippen LogP contribution in [0.15, 0.2) is 30.5 Å². The van der Waals surface area contributed by atoms with Crippen molar-refractivity contribution in [2.75, 3.05) is 0 Å². The van der Waals surface area contributed by atoms with E-state index in [-0.39, 0.29) is 5.54 Å². The summed E-state index contributed by atoms with van der Waals surface area (Å²) < 4.78 is 0. The van der Waals surface area contributed by atoms with E-state index in [1.165, 1.54) is 16.3 Å². The van der Waals surface area contributed by atoms with Crippen molar-refractivity contribution in [1.29, 1.82) is 0 Å². The van der Waals surface area contributed by atoms with Gasteiger partial charge in [-0.2, -0.15) is 0 Å². The van der Waals surface area contributed by atoms with Crippen molar-refractivity contribution in [3.63, 3.8) is 0 Å². The highest BCUT2D eigenvalue weighted by Crippen LogP contribution is 2.22. The van der Waals surface area contributed by atoms with Crippen LogP contribution in [-0.2, 0) is 6.42 Å². The van der Waals surface area contributed by atoms with Gasteiger partial charge in [-0.3, -0.25) is 4.98 Å². The van der Waals surface area contributed by atoms with Crippen LogP contribution < -0.4 is 5.73 Å². The minimum Gasteiger partial charge on any atom is -0.325 e. The molecule has 0 bridgehead atoms. The van der Waals surface area contributed by atoms with Gasteiger partial charge in [0.1, 0.15) is 0 Å². The molecule has 2 aromatic rings. The van der Waals surface area contributed by atoms with Gasteiger partial charge in [0.15, 0.2) is 0 Å². The Morgan fingerprint density at radius 2 is 1.94 bits per heavy atom. The van der Waals surface area contributed by atoms with Crippen LogP contribution >= 0.6 is 0 Å². The fraction of sp³-hybridized carbons (Fsp3) is 0.357. The second-order valence-electron chi connectivity index (χ2n) is 5.09. The molecule has 2 rings (SSSR count). The number of fused-ring (bicyclic) bond motifs is 1. The SMILES string of the molecule is Cc1cccc2c(CC(C)(C)N)nccc12. The minimum atomic E-state index is -0.217. The van der Waals surface area contributed by atoms with E-state index >= 15 is 0 Å². The van der Waals surface area contributed by atoms with Gasteiger partial charge in [-0.05, 0) is 37.8 Å². The molecule has 0 amide bonds. The minimum absolute atomic E-state index is 0.217. The van der Waals surface area contributed by atoms with Crippen LogP contribution in [0.3, 0.4) is 0 Å². The maximum Gasteiger partial charge on any atom is 0.0500 e. The molecule has 0 atom stereocenters. The van der Waals surface area contributed by atoms with E-state index in [9.17, 15) is 0 Å². The topological polar surface area (TPSA) is 38.9 Å². The van der Waals surface area contributed by atoms with Gasteiger partial charge < -0.3 is 5.73 Å². The van der Waals surface area contributed by atoms with Gasteiger partial charge in [0.25, 0.3) is 0 Å². The average molecular weight is 214 g/mol. The normalized spacial score (nSPS) is 12.0. The van der Waals surface area contributed by atoms with Gasteiger partial charge in [0, 0.05) is 29.2 Å². The third-order valence-electron chi connectivity index (χ3n) is 2.73. The van der Waals surface area contributed by atoms with E-state index in [1.54, 1.807) is 0 Å². The number of benzene rings is 1. The summed E-state index contributed by atoms with van der Waals surface area (Å²) in [5.74, 6) is 0. The van der Waals surface area contributed by atoms with Crippen LogP contribution in [0.25, 0.3) is 10.8 Å². The molecule has 2 heteroatoms. The second-order valence-corrected chi connectivity index (χ2v) is 5.09. The molecule has 16 heavy (non-hydrogen) atoms. The predicted octanol–water partition coefficient (Wildman–Crippen LogP) is 2.82. The highest BCUT2D eigenvalue weighted by Gasteiger charge is 2.14. The molecule has 1 heterocycles. The molecule has 0 saturated heterocycles. The van der Waals surface area contributed by atoms with E-state index in [0.29, 0.717) is 0 Å². The number of nitrogens with zero attached hydrogens (tertiary/aromatic N) is 1. The van der Waals surface area contributed by atoms with Crippen LogP contribution in [0.5, 0.6) is 0 Å². The molecule has 0 aliphatic rings. The van der Waals surface area contributed by atoms with Gasteiger partial charge in [-0.1, -0.05) is 18.2 Å². The number of hydrogen-bond acceptors (Lipinski definition) is 2. The zero-order valence-electron chi connectivity index (χ0n) is 10.1. The Morgan fingerprint density at radius 1 is 1.19 bits per heavy atom. The molecule has 1 aromatic carbocycles. The molecular formula is C14H18N2. The Labute approximate surface area is 96.5 Å². The molecule has 0 fully saturated rings. The fourth-order valence-electron chi connectivity index (χ4n) is 2.00. The van der Waals surface area contributed by atoms with Crippen LogP contribution in [0, 0.1) is 6.92 Å². The van der Waals surface area contributed by atoms with Crippen molar-refractivity contribution in [2.45, 2.75) is 32.7 Å².